The van der Waals surface area contributed by atoms with Crippen LogP contribution < -0.4 is 10.6 Å². The first-order valence-electron chi connectivity index (χ1n) is 9.75. The molecule has 8 heteroatoms. The maximum Gasteiger partial charge on any atom is 0.321 e. The van der Waals surface area contributed by atoms with Crippen LogP contribution in [0.15, 0.2) is 42.6 Å². The van der Waals surface area contributed by atoms with Gasteiger partial charge in [0, 0.05) is 25.0 Å². The van der Waals surface area contributed by atoms with E-state index in [2.05, 4.69) is 20.7 Å². The lowest BCUT2D eigenvalue weighted by molar-refractivity contribution is 0.0174. The van der Waals surface area contributed by atoms with Gasteiger partial charge in [0.2, 0.25) is 0 Å². The molecule has 2 amide bonds. The Morgan fingerprint density at radius 1 is 1.31 bits per heavy atom. The van der Waals surface area contributed by atoms with E-state index < -0.39 is 5.60 Å². The van der Waals surface area contributed by atoms with E-state index in [1.165, 1.54) is 0 Å². The predicted octanol–water partition coefficient (Wildman–Crippen LogP) is 2.31. The van der Waals surface area contributed by atoms with Gasteiger partial charge >= 0.3 is 6.03 Å². The lowest BCUT2D eigenvalue weighted by atomic mass is 9.97. The molecular formula is C21H26N6O2. The van der Waals surface area contributed by atoms with Crippen molar-refractivity contribution in [1.29, 1.82) is 0 Å². The van der Waals surface area contributed by atoms with Crippen molar-refractivity contribution >= 4 is 22.8 Å². The van der Waals surface area contributed by atoms with Gasteiger partial charge in [0.05, 0.1) is 34.9 Å². The Balaban J connectivity index is 1.55. The predicted molar refractivity (Wildman–Crippen MR) is 112 cm³/mol. The zero-order valence-corrected chi connectivity index (χ0v) is 16.9. The van der Waals surface area contributed by atoms with Crippen molar-refractivity contribution in [3.63, 3.8) is 0 Å². The van der Waals surface area contributed by atoms with E-state index in [1.807, 2.05) is 43.3 Å². The van der Waals surface area contributed by atoms with Crippen LogP contribution in [0, 0.1) is 6.92 Å². The van der Waals surface area contributed by atoms with Crippen molar-refractivity contribution < 1.29 is 9.90 Å². The minimum atomic E-state index is -0.900. The first-order valence-corrected chi connectivity index (χ1v) is 9.75. The molecule has 3 heterocycles. The molecule has 1 saturated heterocycles. The Labute approximate surface area is 169 Å². The number of pyridine rings is 1. The highest BCUT2D eigenvalue weighted by Gasteiger charge is 2.32. The largest absolute Gasteiger partial charge is 0.389 e. The Morgan fingerprint density at radius 2 is 2.07 bits per heavy atom. The summed E-state index contributed by atoms with van der Waals surface area (Å²) in [6.07, 6.45) is 1.65. The molecule has 29 heavy (non-hydrogen) atoms. The molecule has 1 aromatic carbocycles. The van der Waals surface area contributed by atoms with E-state index in [1.54, 1.807) is 29.6 Å². The number of benzene rings is 1. The number of aryl methyl sites for hydroxylation is 1. The molecule has 1 atom stereocenters. The summed E-state index contributed by atoms with van der Waals surface area (Å²) in [6.45, 7) is 7.09. The van der Waals surface area contributed by atoms with Crippen LogP contribution in [0.1, 0.15) is 19.5 Å². The molecule has 0 saturated carbocycles. The van der Waals surface area contributed by atoms with Crippen LogP contribution in [0.4, 0.5) is 10.5 Å². The molecule has 0 spiro atoms. The molecule has 8 nitrogen and oxygen atoms in total. The summed E-state index contributed by atoms with van der Waals surface area (Å²) in [5, 5.41) is 21.9. The van der Waals surface area contributed by atoms with Gasteiger partial charge in [-0.25, -0.2) is 14.5 Å². The highest BCUT2D eigenvalue weighted by molar-refractivity contribution is 5.92. The quantitative estimate of drug-likeness (QED) is 0.634. The van der Waals surface area contributed by atoms with Gasteiger partial charge in [-0.15, -0.1) is 0 Å². The number of carbonyl (C=O) groups is 1. The van der Waals surface area contributed by atoms with Gasteiger partial charge in [-0.05, 0) is 39.0 Å². The van der Waals surface area contributed by atoms with E-state index in [-0.39, 0.29) is 12.1 Å². The zero-order chi connectivity index (χ0) is 20.6. The number of nitrogens with zero attached hydrogens (tertiary/aromatic N) is 4. The first-order chi connectivity index (χ1) is 13.8. The Hall–Kier alpha value is -2.97. The maximum atomic E-state index is 12.7. The summed E-state index contributed by atoms with van der Waals surface area (Å²) in [5.41, 5.74) is 2.25. The fraction of sp³-hybridized carbons (Fsp3) is 0.381. The number of urea groups is 1. The number of hydrogen-bond donors (Lipinski definition) is 3. The highest BCUT2D eigenvalue weighted by atomic mass is 16.3. The molecule has 0 radical (unpaired) electrons. The molecular weight excluding hydrogens is 368 g/mol. The van der Waals surface area contributed by atoms with Crippen molar-refractivity contribution in [3.05, 3.63) is 48.3 Å². The number of rotatable bonds is 3. The number of para-hydroxylation sites is 1. The Kier molecular flexibility index (Phi) is 4.97. The number of hydrogen-bond acceptors (Lipinski definition) is 5. The summed E-state index contributed by atoms with van der Waals surface area (Å²) >= 11 is 0. The number of aliphatic hydroxyl groups is 1. The smallest absolute Gasteiger partial charge is 0.321 e. The van der Waals surface area contributed by atoms with Crippen LogP contribution in [-0.4, -0.2) is 62.1 Å². The minimum absolute atomic E-state index is 0.172. The number of aromatic nitrogens is 3. The second kappa shape index (κ2) is 7.46. The fourth-order valence-corrected chi connectivity index (χ4v) is 3.57. The van der Waals surface area contributed by atoms with Crippen LogP contribution >= 0.6 is 0 Å². The number of piperazine rings is 1. The molecule has 1 aliphatic rings. The molecule has 1 unspecified atom stereocenters. The summed E-state index contributed by atoms with van der Waals surface area (Å²) < 4.78 is 1.81. The molecule has 3 N–H and O–H groups in total. The minimum Gasteiger partial charge on any atom is -0.389 e. The monoisotopic (exact) mass is 394 g/mol. The van der Waals surface area contributed by atoms with E-state index in [0.717, 1.165) is 22.4 Å². The van der Waals surface area contributed by atoms with Crippen LogP contribution in [0.25, 0.3) is 16.7 Å². The molecule has 1 fully saturated rings. The molecule has 3 aromatic rings. The van der Waals surface area contributed by atoms with Crippen LogP contribution in [0.3, 0.4) is 0 Å². The summed E-state index contributed by atoms with van der Waals surface area (Å²) in [7, 11) is 0. The lowest BCUT2D eigenvalue weighted by Gasteiger charge is -2.39. The lowest BCUT2D eigenvalue weighted by Crippen LogP contribution is -2.60. The normalized spacial score (nSPS) is 17.5. The number of nitrogens with one attached hydrogen (secondary N) is 2. The Bertz CT molecular complexity index is 1020. The maximum absolute atomic E-state index is 12.7. The Morgan fingerprint density at radius 3 is 2.79 bits per heavy atom. The van der Waals surface area contributed by atoms with Crippen molar-refractivity contribution in [2.45, 2.75) is 32.4 Å². The van der Waals surface area contributed by atoms with Crippen LogP contribution in [-0.2, 0) is 0 Å². The second-order valence-electron chi connectivity index (χ2n) is 7.96. The highest BCUT2D eigenvalue weighted by Crippen LogP contribution is 2.23. The van der Waals surface area contributed by atoms with Gasteiger partial charge in [0.1, 0.15) is 0 Å². The third-order valence-electron chi connectivity index (χ3n) is 5.27. The van der Waals surface area contributed by atoms with Gasteiger partial charge < -0.3 is 20.6 Å². The molecule has 2 aromatic heterocycles. The number of anilines is 1. The first kappa shape index (κ1) is 19.4. The van der Waals surface area contributed by atoms with E-state index in [9.17, 15) is 9.90 Å². The van der Waals surface area contributed by atoms with Crippen molar-refractivity contribution in [2.24, 2.45) is 0 Å². The summed E-state index contributed by atoms with van der Waals surface area (Å²) in [5.74, 6) is 0. The average Bonchev–Trinajstić information content (AvgIpc) is 3.04. The standard InChI is InChI=1S/C21H26N6O2/c1-14-17-11-15(12-23-19(17)27(25-14)16-7-5-4-6-8-16)24-20(28)26-10-9-22-18(13-26)21(2,3)29/h4-8,11-12,18,22,29H,9-10,13H2,1-3H3,(H,24,28). The van der Waals surface area contributed by atoms with Gasteiger partial charge in [0.15, 0.2) is 5.65 Å². The van der Waals surface area contributed by atoms with Crippen molar-refractivity contribution in [1.82, 2.24) is 25.0 Å². The molecule has 0 aliphatic carbocycles. The molecule has 4 rings (SSSR count). The topological polar surface area (TPSA) is 95.3 Å². The number of amides is 2. The number of fused-ring (bicyclic) bond motifs is 1. The molecule has 1 aliphatic heterocycles. The zero-order valence-electron chi connectivity index (χ0n) is 16.9. The van der Waals surface area contributed by atoms with E-state index in [0.29, 0.717) is 25.3 Å². The summed E-state index contributed by atoms with van der Waals surface area (Å²) in [4.78, 5) is 19.0. The fourth-order valence-electron chi connectivity index (χ4n) is 3.57. The third kappa shape index (κ3) is 3.94. The van der Waals surface area contributed by atoms with Gasteiger partial charge in [0.25, 0.3) is 0 Å². The summed E-state index contributed by atoms with van der Waals surface area (Å²) in [6, 6.07) is 11.4. The van der Waals surface area contributed by atoms with Crippen molar-refractivity contribution in [3.8, 4) is 5.69 Å². The van der Waals surface area contributed by atoms with Gasteiger partial charge in [-0.3, -0.25) is 0 Å². The van der Waals surface area contributed by atoms with Gasteiger partial charge in [-0.1, -0.05) is 18.2 Å². The second-order valence-corrected chi connectivity index (χ2v) is 7.96. The van der Waals surface area contributed by atoms with Crippen LogP contribution in [0.2, 0.25) is 0 Å². The number of carbonyl (C=O) groups excluding carboxylic acids is 1. The molecule has 0 bridgehead atoms. The molecule has 152 valence electrons. The van der Waals surface area contributed by atoms with Crippen LogP contribution in [0.5, 0.6) is 0 Å². The third-order valence-corrected chi connectivity index (χ3v) is 5.27. The van der Waals surface area contributed by atoms with E-state index in [4.69, 9.17) is 0 Å². The van der Waals surface area contributed by atoms with Gasteiger partial charge in [-0.2, -0.15) is 5.10 Å². The SMILES string of the molecule is Cc1nn(-c2ccccc2)c2ncc(NC(=O)N3CCNC(C(C)(C)O)C3)cc12. The van der Waals surface area contributed by atoms with Crippen molar-refractivity contribution in [2.75, 3.05) is 25.0 Å². The average molecular weight is 394 g/mol. The van der Waals surface area contributed by atoms with E-state index >= 15 is 0 Å².